The molecule has 2 unspecified atom stereocenters. The molecule has 0 aliphatic carbocycles. The number of urea groups is 1. The van der Waals surface area contributed by atoms with E-state index in [4.69, 9.17) is 9.84 Å². The van der Waals surface area contributed by atoms with Crippen molar-refractivity contribution in [1.82, 2.24) is 10.3 Å². The van der Waals surface area contributed by atoms with Gasteiger partial charge in [-0.15, -0.1) is 0 Å². The van der Waals surface area contributed by atoms with E-state index < -0.39 is 12.0 Å². The number of aromatic nitrogens is 1. The van der Waals surface area contributed by atoms with Crippen molar-refractivity contribution in [3.63, 3.8) is 0 Å². The van der Waals surface area contributed by atoms with Gasteiger partial charge in [-0.3, -0.25) is 0 Å². The van der Waals surface area contributed by atoms with E-state index in [0.29, 0.717) is 12.3 Å². The van der Waals surface area contributed by atoms with Gasteiger partial charge in [0.25, 0.3) is 0 Å². The fraction of sp³-hybridized carbons (Fsp3) is 0.538. The summed E-state index contributed by atoms with van der Waals surface area (Å²) < 4.78 is 5.41. The molecule has 20 heavy (non-hydrogen) atoms. The first-order chi connectivity index (χ1) is 9.45. The van der Waals surface area contributed by atoms with Crippen molar-refractivity contribution >= 4 is 17.7 Å². The van der Waals surface area contributed by atoms with Gasteiger partial charge in [-0.2, -0.15) is 0 Å². The van der Waals surface area contributed by atoms with Gasteiger partial charge in [0.15, 0.2) is 0 Å². The Labute approximate surface area is 116 Å². The average Bonchev–Trinajstić information content (AvgIpc) is 2.70. The van der Waals surface area contributed by atoms with E-state index >= 15 is 0 Å². The van der Waals surface area contributed by atoms with Crippen LogP contribution in [-0.2, 0) is 4.74 Å². The number of carboxylic acid groups (broad SMARTS) is 1. The van der Waals surface area contributed by atoms with E-state index in [1.54, 1.807) is 13.0 Å². The minimum absolute atomic E-state index is 0.0157. The van der Waals surface area contributed by atoms with Crippen LogP contribution in [0.5, 0.6) is 0 Å². The molecule has 4 N–H and O–H groups in total. The first-order valence-corrected chi connectivity index (χ1v) is 6.57. The average molecular weight is 281 g/mol. The maximum Gasteiger partial charge on any atom is 0.354 e. The van der Waals surface area contributed by atoms with Crippen molar-refractivity contribution in [2.75, 3.05) is 11.9 Å². The molecule has 7 nitrogen and oxygen atoms in total. The molecule has 2 heterocycles. The lowest BCUT2D eigenvalue weighted by Crippen LogP contribution is -2.43. The van der Waals surface area contributed by atoms with Gasteiger partial charge in [-0.05, 0) is 32.8 Å². The number of ether oxygens (including phenoxy) is 1. The largest absolute Gasteiger partial charge is 0.477 e. The fourth-order valence-corrected chi connectivity index (χ4v) is 2.33. The highest BCUT2D eigenvalue weighted by atomic mass is 16.5. The molecule has 0 saturated carbocycles. The smallest absolute Gasteiger partial charge is 0.354 e. The second-order valence-electron chi connectivity index (χ2n) is 5.05. The number of nitrogens with one attached hydrogen (secondary N) is 3. The summed E-state index contributed by atoms with van der Waals surface area (Å²) in [5.41, 5.74) is 0.933. The zero-order valence-corrected chi connectivity index (χ0v) is 11.5. The first kappa shape index (κ1) is 14.4. The van der Waals surface area contributed by atoms with E-state index in [1.807, 2.05) is 6.92 Å². The van der Waals surface area contributed by atoms with E-state index in [-0.39, 0.29) is 23.5 Å². The quantitative estimate of drug-likeness (QED) is 0.677. The molecule has 1 aliphatic rings. The number of hydrogen-bond acceptors (Lipinski definition) is 3. The summed E-state index contributed by atoms with van der Waals surface area (Å²) in [7, 11) is 0. The van der Waals surface area contributed by atoms with Crippen molar-refractivity contribution in [1.29, 1.82) is 0 Å². The minimum atomic E-state index is -1.10. The molecule has 1 saturated heterocycles. The second kappa shape index (κ2) is 5.96. The summed E-state index contributed by atoms with van der Waals surface area (Å²) in [6.07, 6.45) is 1.64. The van der Waals surface area contributed by atoms with Gasteiger partial charge in [0.1, 0.15) is 5.69 Å². The van der Waals surface area contributed by atoms with Crippen LogP contribution >= 0.6 is 0 Å². The Morgan fingerprint density at radius 2 is 2.25 bits per heavy atom. The van der Waals surface area contributed by atoms with Crippen LogP contribution in [-0.4, -0.2) is 40.8 Å². The Kier molecular flexibility index (Phi) is 4.29. The normalized spacial score (nSPS) is 22.3. The second-order valence-corrected chi connectivity index (χ2v) is 5.05. The Balaban J connectivity index is 1.96. The van der Waals surface area contributed by atoms with Crippen LogP contribution in [0, 0.1) is 6.92 Å². The monoisotopic (exact) mass is 281 g/mol. The van der Waals surface area contributed by atoms with Crippen molar-refractivity contribution < 1.29 is 19.4 Å². The van der Waals surface area contributed by atoms with Crippen LogP contribution < -0.4 is 10.6 Å². The number of carbonyl (C=O) groups excluding carboxylic acids is 1. The van der Waals surface area contributed by atoms with Crippen LogP contribution in [0.15, 0.2) is 6.07 Å². The standard InChI is InChI=1S/C13H19N3O4/c1-7-5-10(11(14-7)12(17)18)16-13(19)15-9-3-4-20-8(2)6-9/h5,8-9,14H,3-4,6H2,1-2H3,(H,17,18)(H2,15,16,19). The zero-order valence-electron chi connectivity index (χ0n) is 11.5. The predicted octanol–water partition coefficient (Wildman–Crippen LogP) is 1.71. The number of hydrogen-bond donors (Lipinski definition) is 4. The number of rotatable bonds is 3. The van der Waals surface area contributed by atoms with E-state index in [1.165, 1.54) is 0 Å². The SMILES string of the molecule is Cc1cc(NC(=O)NC2CCOC(C)C2)c(C(=O)O)[nH]1. The number of carboxylic acids is 1. The van der Waals surface area contributed by atoms with Crippen LogP contribution in [0.4, 0.5) is 10.5 Å². The summed E-state index contributed by atoms with van der Waals surface area (Å²) in [4.78, 5) is 25.6. The van der Waals surface area contributed by atoms with Crippen LogP contribution in [0.25, 0.3) is 0 Å². The first-order valence-electron chi connectivity index (χ1n) is 6.57. The van der Waals surface area contributed by atoms with Gasteiger partial charge < -0.3 is 25.5 Å². The van der Waals surface area contributed by atoms with Gasteiger partial charge >= 0.3 is 12.0 Å². The molecule has 1 fully saturated rings. The van der Waals surface area contributed by atoms with E-state index in [9.17, 15) is 9.59 Å². The highest BCUT2D eigenvalue weighted by molar-refractivity contribution is 5.99. The Morgan fingerprint density at radius 3 is 2.90 bits per heavy atom. The number of aromatic carboxylic acids is 1. The molecule has 7 heteroatoms. The molecule has 0 radical (unpaired) electrons. The fourth-order valence-electron chi connectivity index (χ4n) is 2.33. The highest BCUT2D eigenvalue weighted by Gasteiger charge is 2.22. The van der Waals surface area contributed by atoms with E-state index in [0.717, 1.165) is 12.8 Å². The zero-order chi connectivity index (χ0) is 14.7. The minimum Gasteiger partial charge on any atom is -0.477 e. The molecular formula is C13H19N3O4. The topological polar surface area (TPSA) is 103 Å². The number of carbonyl (C=O) groups is 2. The van der Waals surface area contributed by atoms with Crippen LogP contribution in [0.1, 0.15) is 35.9 Å². The number of amides is 2. The molecule has 0 aromatic carbocycles. The predicted molar refractivity (Wildman–Crippen MR) is 73.1 cm³/mol. The third-order valence-electron chi connectivity index (χ3n) is 3.23. The summed E-state index contributed by atoms with van der Waals surface area (Å²) in [5.74, 6) is -1.10. The van der Waals surface area contributed by atoms with Crippen molar-refractivity contribution in [2.45, 2.75) is 38.8 Å². The lowest BCUT2D eigenvalue weighted by Gasteiger charge is -2.27. The highest BCUT2D eigenvalue weighted by Crippen LogP contribution is 2.17. The van der Waals surface area contributed by atoms with Crippen LogP contribution in [0.2, 0.25) is 0 Å². The van der Waals surface area contributed by atoms with E-state index in [2.05, 4.69) is 15.6 Å². The summed E-state index contributed by atoms with van der Waals surface area (Å²) in [5, 5.41) is 14.4. The Hall–Kier alpha value is -2.02. The summed E-state index contributed by atoms with van der Waals surface area (Å²) in [6, 6.07) is 1.24. The Bertz CT molecular complexity index is 512. The molecule has 0 bridgehead atoms. The number of anilines is 1. The molecule has 2 rings (SSSR count). The number of aryl methyl sites for hydroxylation is 1. The maximum absolute atomic E-state index is 11.9. The molecule has 1 aromatic rings. The molecule has 1 aliphatic heterocycles. The molecular weight excluding hydrogens is 262 g/mol. The van der Waals surface area contributed by atoms with Crippen molar-refractivity contribution in [2.24, 2.45) is 0 Å². The molecule has 110 valence electrons. The third kappa shape index (κ3) is 3.51. The van der Waals surface area contributed by atoms with Gasteiger partial charge in [0.05, 0.1) is 11.8 Å². The number of aromatic amines is 1. The van der Waals surface area contributed by atoms with Gasteiger partial charge in [-0.25, -0.2) is 9.59 Å². The van der Waals surface area contributed by atoms with Crippen LogP contribution in [0.3, 0.4) is 0 Å². The third-order valence-corrected chi connectivity index (χ3v) is 3.23. The maximum atomic E-state index is 11.9. The van der Waals surface area contributed by atoms with Gasteiger partial charge in [0.2, 0.25) is 0 Å². The van der Waals surface area contributed by atoms with Crippen molar-refractivity contribution in [3.8, 4) is 0 Å². The summed E-state index contributed by atoms with van der Waals surface area (Å²) in [6.45, 7) is 4.31. The summed E-state index contributed by atoms with van der Waals surface area (Å²) >= 11 is 0. The molecule has 2 atom stereocenters. The van der Waals surface area contributed by atoms with Gasteiger partial charge in [0, 0.05) is 18.3 Å². The molecule has 1 aromatic heterocycles. The molecule has 0 spiro atoms. The lowest BCUT2D eigenvalue weighted by atomic mass is 10.0. The number of H-pyrrole nitrogens is 1. The Morgan fingerprint density at radius 1 is 1.50 bits per heavy atom. The van der Waals surface area contributed by atoms with Crippen molar-refractivity contribution in [3.05, 3.63) is 17.5 Å². The van der Waals surface area contributed by atoms with Gasteiger partial charge in [-0.1, -0.05) is 0 Å². The lowest BCUT2D eigenvalue weighted by molar-refractivity contribution is 0.0157. The molecule has 2 amide bonds.